The third kappa shape index (κ3) is 8.43. The van der Waals surface area contributed by atoms with Crippen LogP contribution in [-0.2, 0) is 25.6 Å². The molecule has 1 heterocycles. The molecule has 3 amide bonds. The van der Waals surface area contributed by atoms with Gasteiger partial charge < -0.3 is 37.5 Å². The number of carboxylic acids is 1. The zero-order valence-electron chi connectivity index (χ0n) is 19.8. The summed E-state index contributed by atoms with van der Waals surface area (Å²) in [5.41, 5.74) is 12.9. The van der Waals surface area contributed by atoms with Crippen molar-refractivity contribution in [3.05, 3.63) is 36.0 Å². The first kappa shape index (κ1) is 29.5. The number of hydrogen-bond acceptors (Lipinski definition) is 8. The smallest absolute Gasteiger partial charge is 0.326 e. The second-order valence-electron chi connectivity index (χ2n) is 8.34. The van der Waals surface area contributed by atoms with E-state index in [0.29, 0.717) is 19.4 Å². The number of hydrogen-bond donors (Lipinski definition) is 9. The Kier molecular flexibility index (Phi) is 12.1. The lowest BCUT2D eigenvalue weighted by Gasteiger charge is -2.24. The van der Waals surface area contributed by atoms with E-state index in [4.69, 9.17) is 11.5 Å². The summed E-state index contributed by atoms with van der Waals surface area (Å²) in [7, 11) is 0. The number of carbonyl (C=O) groups excluding carboxylic acids is 3. The number of rotatable bonds is 15. The highest BCUT2D eigenvalue weighted by Gasteiger charge is 2.30. The molecule has 0 saturated carbocycles. The lowest BCUT2D eigenvalue weighted by Crippen LogP contribution is -2.58. The summed E-state index contributed by atoms with van der Waals surface area (Å²) in [5.74, 6) is -3.09. The number of carboxylic acid groups (broad SMARTS) is 1. The summed E-state index contributed by atoms with van der Waals surface area (Å²) in [6.07, 6.45) is 3.22. The van der Waals surface area contributed by atoms with Crippen molar-refractivity contribution in [3.8, 4) is 0 Å². The average molecular weight is 539 g/mol. The molecule has 0 bridgehead atoms. The van der Waals surface area contributed by atoms with Crippen LogP contribution in [0.2, 0.25) is 0 Å². The molecule has 4 unspecified atom stereocenters. The fraction of sp³-hybridized carbons (Fsp3) is 0.478. The van der Waals surface area contributed by atoms with Crippen LogP contribution in [0.15, 0.2) is 30.5 Å². The number of nitrogens with two attached hydrogens (primary N) is 2. The minimum Gasteiger partial charge on any atom is -0.480 e. The van der Waals surface area contributed by atoms with Crippen molar-refractivity contribution in [1.82, 2.24) is 20.9 Å². The van der Waals surface area contributed by atoms with E-state index < -0.39 is 47.9 Å². The van der Waals surface area contributed by atoms with Gasteiger partial charge in [-0.15, -0.1) is 0 Å². The number of aromatic amines is 1. The molecule has 198 valence electrons. The first-order valence-electron chi connectivity index (χ1n) is 11.6. The molecule has 36 heavy (non-hydrogen) atoms. The molecule has 1 aromatic heterocycles. The van der Waals surface area contributed by atoms with E-state index in [1.54, 1.807) is 6.20 Å². The van der Waals surface area contributed by atoms with Crippen LogP contribution in [0.25, 0.3) is 10.9 Å². The highest BCUT2D eigenvalue weighted by atomic mass is 32.1. The molecule has 0 aliphatic heterocycles. The van der Waals surface area contributed by atoms with Gasteiger partial charge in [0.05, 0.1) is 6.04 Å². The first-order valence-corrected chi connectivity index (χ1v) is 12.8. The predicted octanol–water partition coefficient (Wildman–Crippen LogP) is -0.435. The van der Waals surface area contributed by atoms with E-state index >= 15 is 0 Å². The van der Waals surface area contributed by atoms with Gasteiger partial charge in [0.15, 0.2) is 0 Å². The number of fused-ring (bicyclic) bond motifs is 1. The highest BCUT2D eigenvalue weighted by molar-refractivity contribution is 7.80. The molecule has 9 N–H and O–H groups in total. The van der Waals surface area contributed by atoms with Crippen molar-refractivity contribution in [1.29, 1.82) is 0 Å². The van der Waals surface area contributed by atoms with Gasteiger partial charge in [-0.25, -0.2) is 4.79 Å². The van der Waals surface area contributed by atoms with Crippen LogP contribution in [0, 0.1) is 0 Å². The minimum absolute atomic E-state index is 0.0790. The van der Waals surface area contributed by atoms with E-state index in [0.717, 1.165) is 16.5 Å². The second-order valence-corrected chi connectivity index (χ2v) is 9.07. The molecular weight excluding hydrogens is 504 g/mol. The van der Waals surface area contributed by atoms with Crippen LogP contribution in [0.3, 0.4) is 0 Å². The summed E-state index contributed by atoms with van der Waals surface area (Å²) < 4.78 is 0. The molecule has 2 aromatic rings. The quantitative estimate of drug-likeness (QED) is 0.108. The number of carbonyl (C=O) groups is 4. The Morgan fingerprint density at radius 3 is 2.19 bits per heavy atom. The predicted molar refractivity (Wildman–Crippen MR) is 144 cm³/mol. The van der Waals surface area contributed by atoms with Crippen molar-refractivity contribution < 1.29 is 24.3 Å². The number of H-pyrrole nitrogens is 1. The number of aromatic nitrogens is 1. The SMILES string of the molecule is NCCCCC(NC(=O)C(CS)NC(=O)C(Cc1c[nH]c2ccccc12)NC(=O)C(N)CS)C(=O)O. The summed E-state index contributed by atoms with van der Waals surface area (Å²) in [6.45, 7) is 0.413. The minimum atomic E-state index is -1.19. The van der Waals surface area contributed by atoms with Crippen molar-refractivity contribution in [3.63, 3.8) is 0 Å². The third-order valence-corrected chi connectivity index (χ3v) is 6.40. The topological polar surface area (TPSA) is 192 Å². The molecule has 0 spiro atoms. The van der Waals surface area contributed by atoms with Crippen molar-refractivity contribution in [2.24, 2.45) is 11.5 Å². The number of benzene rings is 1. The van der Waals surface area contributed by atoms with E-state index in [2.05, 4.69) is 46.2 Å². The molecule has 0 saturated heterocycles. The van der Waals surface area contributed by atoms with Gasteiger partial charge in [-0.1, -0.05) is 18.2 Å². The van der Waals surface area contributed by atoms with E-state index in [9.17, 15) is 24.3 Å². The Morgan fingerprint density at radius 2 is 1.56 bits per heavy atom. The van der Waals surface area contributed by atoms with Gasteiger partial charge >= 0.3 is 5.97 Å². The molecule has 0 aliphatic carbocycles. The first-order chi connectivity index (χ1) is 17.2. The van der Waals surface area contributed by atoms with Crippen LogP contribution in [0.5, 0.6) is 0 Å². The summed E-state index contributed by atoms with van der Waals surface area (Å²) >= 11 is 8.18. The number of amides is 3. The van der Waals surface area contributed by atoms with Crippen LogP contribution >= 0.6 is 25.3 Å². The van der Waals surface area contributed by atoms with Crippen LogP contribution in [-0.4, -0.2) is 76.0 Å². The average Bonchev–Trinajstić information content (AvgIpc) is 3.28. The number of nitrogens with one attached hydrogen (secondary N) is 4. The van der Waals surface area contributed by atoms with E-state index in [1.807, 2.05) is 24.3 Å². The number of thiol groups is 2. The number of para-hydroxylation sites is 1. The Bertz CT molecular complexity index is 1050. The Labute approximate surface area is 220 Å². The maximum Gasteiger partial charge on any atom is 0.326 e. The van der Waals surface area contributed by atoms with Gasteiger partial charge in [-0.2, -0.15) is 25.3 Å². The lowest BCUT2D eigenvalue weighted by molar-refractivity contribution is -0.142. The van der Waals surface area contributed by atoms with Crippen LogP contribution < -0.4 is 27.4 Å². The molecule has 13 heteroatoms. The maximum atomic E-state index is 13.2. The largest absolute Gasteiger partial charge is 0.480 e. The van der Waals surface area contributed by atoms with Gasteiger partial charge in [0, 0.05) is 35.0 Å². The standard InChI is InChI=1S/C23H34N6O5S2/c24-8-4-3-7-17(23(33)34)27-22(32)19(12-36)29-21(31)18(28-20(30)15(25)11-35)9-13-10-26-16-6-2-1-5-14(13)16/h1-2,5-6,10,15,17-19,26,35-36H,3-4,7-9,11-12,24-25H2,(H,27,32)(H,28,30)(H,29,31)(H,33,34). The summed E-state index contributed by atoms with van der Waals surface area (Å²) in [4.78, 5) is 53.1. The fourth-order valence-electron chi connectivity index (χ4n) is 3.58. The summed E-state index contributed by atoms with van der Waals surface area (Å²) in [5, 5.41) is 18.0. The Balaban J connectivity index is 2.17. The molecule has 2 rings (SSSR count). The van der Waals surface area contributed by atoms with Crippen LogP contribution in [0.1, 0.15) is 24.8 Å². The number of unbranched alkanes of at least 4 members (excludes halogenated alkanes) is 1. The normalized spacial score (nSPS) is 14.4. The zero-order chi connectivity index (χ0) is 26.7. The molecular formula is C23H34N6O5S2. The molecule has 4 atom stereocenters. The van der Waals surface area contributed by atoms with Gasteiger partial charge in [0.1, 0.15) is 18.1 Å². The van der Waals surface area contributed by atoms with Crippen molar-refractivity contribution in [2.45, 2.75) is 49.9 Å². The van der Waals surface area contributed by atoms with Gasteiger partial charge in [-0.3, -0.25) is 14.4 Å². The molecule has 0 radical (unpaired) electrons. The number of aliphatic carboxylic acids is 1. The maximum absolute atomic E-state index is 13.2. The Hall–Kier alpha value is -2.74. The van der Waals surface area contributed by atoms with Crippen molar-refractivity contribution in [2.75, 3.05) is 18.1 Å². The van der Waals surface area contributed by atoms with Crippen LogP contribution in [0.4, 0.5) is 0 Å². The molecule has 1 aromatic carbocycles. The highest BCUT2D eigenvalue weighted by Crippen LogP contribution is 2.19. The monoisotopic (exact) mass is 538 g/mol. The molecule has 0 aliphatic rings. The van der Waals surface area contributed by atoms with Gasteiger partial charge in [0.25, 0.3) is 0 Å². The summed E-state index contributed by atoms with van der Waals surface area (Å²) in [6, 6.07) is 3.26. The Morgan fingerprint density at radius 1 is 0.917 bits per heavy atom. The third-order valence-electron chi connectivity index (χ3n) is 5.64. The zero-order valence-corrected chi connectivity index (χ0v) is 21.6. The van der Waals surface area contributed by atoms with Crippen molar-refractivity contribution >= 4 is 59.9 Å². The lowest BCUT2D eigenvalue weighted by atomic mass is 10.0. The van der Waals surface area contributed by atoms with E-state index in [1.165, 1.54) is 0 Å². The molecule has 11 nitrogen and oxygen atoms in total. The molecule has 0 fully saturated rings. The van der Waals surface area contributed by atoms with E-state index in [-0.39, 0.29) is 24.3 Å². The fourth-order valence-corrected chi connectivity index (χ4v) is 4.00. The van der Waals surface area contributed by atoms with Gasteiger partial charge in [-0.05, 0) is 37.4 Å². The second kappa shape index (κ2) is 14.7. The van der Waals surface area contributed by atoms with Gasteiger partial charge in [0.2, 0.25) is 17.7 Å².